The van der Waals surface area contributed by atoms with Crippen LogP contribution in [0.3, 0.4) is 0 Å². The van der Waals surface area contributed by atoms with Crippen LogP contribution >= 0.6 is 23.2 Å². The van der Waals surface area contributed by atoms with Crippen LogP contribution in [0.25, 0.3) is 0 Å². The molecule has 0 unspecified atom stereocenters. The van der Waals surface area contributed by atoms with Crippen LogP contribution in [0.15, 0.2) is 66.7 Å². The molecular formula is C28H30Cl2N2O2. The summed E-state index contributed by atoms with van der Waals surface area (Å²) in [5.41, 5.74) is 4.10. The fraction of sp³-hybridized carbons (Fsp3) is 0.321. The lowest BCUT2D eigenvalue weighted by molar-refractivity contribution is 0.0628. The molecule has 4 nitrogen and oxygen atoms in total. The molecule has 1 aliphatic rings. The zero-order chi connectivity index (χ0) is 24.1. The lowest BCUT2D eigenvalue weighted by Crippen LogP contribution is -2.48. The average molecular weight is 497 g/mol. The van der Waals surface area contributed by atoms with E-state index in [2.05, 4.69) is 30.9 Å². The predicted octanol–water partition coefficient (Wildman–Crippen LogP) is 6.65. The van der Waals surface area contributed by atoms with Crippen LogP contribution in [-0.4, -0.2) is 41.9 Å². The van der Waals surface area contributed by atoms with E-state index in [4.69, 9.17) is 27.9 Å². The van der Waals surface area contributed by atoms with E-state index in [-0.39, 0.29) is 5.91 Å². The van der Waals surface area contributed by atoms with Crippen LogP contribution in [0.4, 0.5) is 0 Å². The van der Waals surface area contributed by atoms with E-state index in [9.17, 15) is 4.79 Å². The molecule has 0 saturated carbocycles. The van der Waals surface area contributed by atoms with E-state index in [1.807, 2.05) is 59.5 Å². The van der Waals surface area contributed by atoms with Gasteiger partial charge in [0.25, 0.3) is 5.91 Å². The van der Waals surface area contributed by atoms with Crippen LogP contribution in [0, 0.1) is 0 Å². The number of ether oxygens (including phenoxy) is 1. The Hall–Kier alpha value is -2.53. The van der Waals surface area contributed by atoms with E-state index in [0.717, 1.165) is 36.5 Å². The SMILES string of the molecule is CC(C)c1ccc(OCc2cccc(C(=O)N3CCN(Cc4ccc(Cl)c(Cl)c4)CC3)c2)cc1. The highest BCUT2D eigenvalue weighted by Crippen LogP contribution is 2.24. The third-order valence-electron chi connectivity index (χ3n) is 6.18. The molecule has 178 valence electrons. The molecule has 34 heavy (non-hydrogen) atoms. The fourth-order valence-corrected chi connectivity index (χ4v) is 4.42. The summed E-state index contributed by atoms with van der Waals surface area (Å²) < 4.78 is 5.94. The zero-order valence-corrected chi connectivity index (χ0v) is 21.1. The molecule has 0 spiro atoms. The summed E-state index contributed by atoms with van der Waals surface area (Å²) in [5, 5.41) is 1.14. The Bertz CT molecular complexity index is 1120. The highest BCUT2D eigenvalue weighted by Gasteiger charge is 2.22. The molecule has 1 heterocycles. The van der Waals surface area contributed by atoms with E-state index in [0.29, 0.717) is 41.2 Å². The van der Waals surface area contributed by atoms with Gasteiger partial charge in [-0.05, 0) is 59.0 Å². The second-order valence-corrected chi connectivity index (χ2v) is 9.84. The summed E-state index contributed by atoms with van der Waals surface area (Å²) in [6.45, 7) is 8.61. The third-order valence-corrected chi connectivity index (χ3v) is 6.91. The van der Waals surface area contributed by atoms with E-state index in [1.54, 1.807) is 0 Å². The maximum atomic E-state index is 13.1. The largest absolute Gasteiger partial charge is 0.489 e. The number of hydrogen-bond donors (Lipinski definition) is 0. The molecule has 4 rings (SSSR count). The molecule has 1 amide bonds. The number of carbonyl (C=O) groups excluding carboxylic acids is 1. The minimum absolute atomic E-state index is 0.0670. The summed E-state index contributed by atoms with van der Waals surface area (Å²) in [5.74, 6) is 1.39. The van der Waals surface area contributed by atoms with Crippen molar-refractivity contribution in [2.75, 3.05) is 26.2 Å². The van der Waals surface area contributed by atoms with Crippen molar-refractivity contribution in [3.8, 4) is 5.75 Å². The van der Waals surface area contributed by atoms with E-state index >= 15 is 0 Å². The molecule has 1 saturated heterocycles. The molecule has 0 aromatic heterocycles. The second kappa shape index (κ2) is 11.3. The van der Waals surface area contributed by atoms with E-state index < -0.39 is 0 Å². The number of hydrogen-bond acceptors (Lipinski definition) is 3. The molecule has 0 atom stereocenters. The minimum atomic E-state index is 0.0670. The van der Waals surface area contributed by atoms with Gasteiger partial charge in [-0.25, -0.2) is 0 Å². The number of amides is 1. The van der Waals surface area contributed by atoms with Crippen molar-refractivity contribution in [3.05, 3.63) is 99.0 Å². The Morgan fingerprint density at radius 1 is 0.882 bits per heavy atom. The van der Waals surface area contributed by atoms with Crippen LogP contribution in [0.5, 0.6) is 5.75 Å². The first-order valence-corrected chi connectivity index (χ1v) is 12.4. The Morgan fingerprint density at radius 3 is 2.29 bits per heavy atom. The van der Waals surface area contributed by atoms with Crippen molar-refractivity contribution in [1.29, 1.82) is 0 Å². The van der Waals surface area contributed by atoms with Gasteiger partial charge in [-0.1, -0.05) is 67.4 Å². The number of halogens is 2. The predicted molar refractivity (Wildman–Crippen MR) is 139 cm³/mol. The van der Waals surface area contributed by atoms with Crippen molar-refractivity contribution < 1.29 is 9.53 Å². The first-order chi connectivity index (χ1) is 16.4. The summed E-state index contributed by atoms with van der Waals surface area (Å²) in [6, 6.07) is 21.7. The normalized spacial score (nSPS) is 14.4. The third kappa shape index (κ3) is 6.32. The molecular weight excluding hydrogens is 467 g/mol. The number of nitrogens with zero attached hydrogens (tertiary/aromatic N) is 2. The summed E-state index contributed by atoms with van der Waals surface area (Å²) in [4.78, 5) is 17.4. The first kappa shape index (κ1) is 24.6. The number of piperazine rings is 1. The molecule has 1 fully saturated rings. The number of carbonyl (C=O) groups is 1. The van der Waals surface area contributed by atoms with Crippen molar-refractivity contribution in [3.63, 3.8) is 0 Å². The van der Waals surface area contributed by atoms with Gasteiger partial charge in [0.2, 0.25) is 0 Å². The van der Waals surface area contributed by atoms with Gasteiger partial charge in [0, 0.05) is 38.3 Å². The highest BCUT2D eigenvalue weighted by atomic mass is 35.5. The molecule has 0 radical (unpaired) electrons. The van der Waals surface area contributed by atoms with Crippen molar-refractivity contribution in [2.45, 2.75) is 32.9 Å². The fourth-order valence-electron chi connectivity index (χ4n) is 4.10. The lowest BCUT2D eigenvalue weighted by atomic mass is 10.0. The minimum Gasteiger partial charge on any atom is -0.489 e. The number of benzene rings is 3. The van der Waals surface area contributed by atoms with Gasteiger partial charge >= 0.3 is 0 Å². The van der Waals surface area contributed by atoms with Crippen LogP contribution < -0.4 is 4.74 Å². The maximum absolute atomic E-state index is 13.1. The van der Waals surface area contributed by atoms with Crippen molar-refractivity contribution in [2.24, 2.45) is 0 Å². The Labute approximate surface area is 212 Å². The molecule has 0 bridgehead atoms. The standard InChI is InChI=1S/C28H30Cl2N2O2/c1-20(2)23-7-9-25(10-8-23)34-19-22-4-3-5-24(16-22)28(33)32-14-12-31(13-15-32)18-21-6-11-26(29)27(30)17-21/h3-11,16-17,20H,12-15,18-19H2,1-2H3. The quantitative estimate of drug-likeness (QED) is 0.366. The average Bonchev–Trinajstić information content (AvgIpc) is 2.85. The molecule has 0 N–H and O–H groups in total. The Balaban J connectivity index is 1.30. The molecule has 1 aliphatic heterocycles. The van der Waals surface area contributed by atoms with Crippen LogP contribution in [-0.2, 0) is 13.2 Å². The van der Waals surface area contributed by atoms with Gasteiger partial charge in [-0.2, -0.15) is 0 Å². The lowest BCUT2D eigenvalue weighted by Gasteiger charge is -2.35. The number of rotatable bonds is 7. The smallest absolute Gasteiger partial charge is 0.253 e. The molecule has 3 aromatic carbocycles. The second-order valence-electron chi connectivity index (χ2n) is 9.03. The topological polar surface area (TPSA) is 32.8 Å². The molecule has 6 heteroatoms. The van der Waals surface area contributed by atoms with Gasteiger partial charge in [-0.15, -0.1) is 0 Å². The Morgan fingerprint density at radius 2 is 1.62 bits per heavy atom. The Kier molecular flexibility index (Phi) is 8.15. The maximum Gasteiger partial charge on any atom is 0.253 e. The summed E-state index contributed by atoms with van der Waals surface area (Å²) in [7, 11) is 0. The highest BCUT2D eigenvalue weighted by molar-refractivity contribution is 6.42. The van der Waals surface area contributed by atoms with Crippen LogP contribution in [0.2, 0.25) is 10.0 Å². The summed E-state index contributed by atoms with van der Waals surface area (Å²) >= 11 is 12.2. The van der Waals surface area contributed by atoms with Crippen molar-refractivity contribution >= 4 is 29.1 Å². The van der Waals surface area contributed by atoms with Crippen LogP contribution in [0.1, 0.15) is 46.8 Å². The molecule has 3 aromatic rings. The first-order valence-electron chi connectivity index (χ1n) is 11.7. The van der Waals surface area contributed by atoms with Gasteiger partial charge in [-0.3, -0.25) is 9.69 Å². The molecule has 0 aliphatic carbocycles. The van der Waals surface area contributed by atoms with Gasteiger partial charge in [0.1, 0.15) is 12.4 Å². The van der Waals surface area contributed by atoms with Crippen molar-refractivity contribution in [1.82, 2.24) is 9.80 Å². The van der Waals surface area contributed by atoms with Gasteiger partial charge in [0.15, 0.2) is 0 Å². The van der Waals surface area contributed by atoms with Gasteiger partial charge < -0.3 is 9.64 Å². The van der Waals surface area contributed by atoms with E-state index in [1.165, 1.54) is 5.56 Å². The van der Waals surface area contributed by atoms with Gasteiger partial charge in [0.05, 0.1) is 10.0 Å². The zero-order valence-electron chi connectivity index (χ0n) is 19.6. The summed E-state index contributed by atoms with van der Waals surface area (Å²) in [6.07, 6.45) is 0. The monoisotopic (exact) mass is 496 g/mol.